The molecular formula is C9H5BrClFNO+. The van der Waals surface area contributed by atoms with Crippen molar-refractivity contribution in [3.63, 3.8) is 0 Å². The van der Waals surface area contributed by atoms with Gasteiger partial charge in [0, 0.05) is 10.8 Å². The van der Waals surface area contributed by atoms with Crippen LogP contribution < -0.4 is 4.73 Å². The van der Waals surface area contributed by atoms with Gasteiger partial charge in [-0.25, -0.2) is 0 Å². The number of hydrogen-bond donors (Lipinski definition) is 1. The smallest absolute Gasteiger partial charge is 0.284 e. The van der Waals surface area contributed by atoms with E-state index in [2.05, 4.69) is 15.9 Å². The second-order valence-corrected chi connectivity index (χ2v) is 4.03. The van der Waals surface area contributed by atoms with E-state index < -0.39 is 5.82 Å². The molecule has 2 rings (SSSR count). The summed E-state index contributed by atoms with van der Waals surface area (Å²) in [5.41, 5.74) is 0.0619. The Labute approximate surface area is 92.6 Å². The summed E-state index contributed by atoms with van der Waals surface area (Å²) in [5, 5.41) is 10.3. The van der Waals surface area contributed by atoms with E-state index in [1.54, 1.807) is 12.1 Å². The van der Waals surface area contributed by atoms with E-state index >= 15 is 0 Å². The predicted molar refractivity (Wildman–Crippen MR) is 54.0 cm³/mol. The summed E-state index contributed by atoms with van der Waals surface area (Å²) in [6, 6.07) is 4.68. The van der Waals surface area contributed by atoms with Crippen LogP contribution in [0.2, 0.25) is 5.02 Å². The first kappa shape index (κ1) is 9.68. The van der Waals surface area contributed by atoms with Gasteiger partial charge in [-0.15, -0.1) is 0 Å². The third-order valence-corrected chi connectivity index (χ3v) is 2.86. The molecule has 0 amide bonds. The Kier molecular flexibility index (Phi) is 2.33. The maximum absolute atomic E-state index is 13.6. The van der Waals surface area contributed by atoms with Crippen LogP contribution in [0.3, 0.4) is 0 Å². The Morgan fingerprint density at radius 3 is 2.79 bits per heavy atom. The monoisotopic (exact) mass is 276 g/mol. The molecule has 0 atom stereocenters. The summed E-state index contributed by atoms with van der Waals surface area (Å²) in [5.74, 6) is -0.535. The van der Waals surface area contributed by atoms with Gasteiger partial charge >= 0.3 is 5.52 Å². The van der Waals surface area contributed by atoms with Crippen LogP contribution in [-0.4, -0.2) is 5.21 Å². The first-order chi connectivity index (χ1) is 6.61. The van der Waals surface area contributed by atoms with E-state index in [4.69, 9.17) is 11.6 Å². The van der Waals surface area contributed by atoms with E-state index in [1.165, 1.54) is 12.3 Å². The number of hydrogen-bond acceptors (Lipinski definition) is 1. The van der Waals surface area contributed by atoms with Gasteiger partial charge in [0.25, 0.3) is 0 Å². The highest BCUT2D eigenvalue weighted by Crippen LogP contribution is 2.26. The Morgan fingerprint density at radius 2 is 2.07 bits per heavy atom. The zero-order valence-corrected chi connectivity index (χ0v) is 9.18. The van der Waals surface area contributed by atoms with Crippen molar-refractivity contribution in [2.45, 2.75) is 0 Å². The topological polar surface area (TPSA) is 24.1 Å². The highest BCUT2D eigenvalue weighted by Gasteiger charge is 2.18. The Morgan fingerprint density at radius 1 is 1.36 bits per heavy atom. The quantitative estimate of drug-likeness (QED) is 0.581. The van der Waals surface area contributed by atoms with Crippen molar-refractivity contribution in [1.82, 2.24) is 0 Å². The Balaban J connectivity index is 3.01. The summed E-state index contributed by atoms with van der Waals surface area (Å²) < 4.78 is 14.5. The highest BCUT2D eigenvalue weighted by atomic mass is 79.9. The predicted octanol–water partition coefficient (Wildman–Crippen LogP) is 2.92. The molecular weight excluding hydrogens is 272 g/mol. The van der Waals surface area contributed by atoms with Crippen molar-refractivity contribution >= 4 is 38.4 Å². The third-order valence-electron chi connectivity index (χ3n) is 1.92. The van der Waals surface area contributed by atoms with Gasteiger partial charge in [0.2, 0.25) is 12.0 Å². The van der Waals surface area contributed by atoms with Crippen LogP contribution in [0.4, 0.5) is 4.39 Å². The standard InChI is InChI=1S/C9H5BrClFNO/c10-6-2-1-5-7(11)3-4-13(14)9(5)8(6)12/h1-4,14H/q+1. The molecule has 0 fully saturated rings. The Hall–Kier alpha value is -0.870. The van der Waals surface area contributed by atoms with Crippen molar-refractivity contribution < 1.29 is 14.3 Å². The van der Waals surface area contributed by atoms with Crippen LogP contribution in [-0.2, 0) is 0 Å². The van der Waals surface area contributed by atoms with Gasteiger partial charge in [-0.3, -0.25) is 5.21 Å². The molecule has 1 N–H and O–H groups in total. The minimum Gasteiger partial charge on any atom is -0.284 e. The average Bonchev–Trinajstić information content (AvgIpc) is 2.16. The van der Waals surface area contributed by atoms with Crippen molar-refractivity contribution in [3.05, 3.63) is 39.7 Å². The molecule has 2 aromatic rings. The fourth-order valence-electron chi connectivity index (χ4n) is 1.26. The minimum atomic E-state index is -0.535. The molecule has 0 saturated heterocycles. The van der Waals surface area contributed by atoms with Crippen LogP contribution in [0.25, 0.3) is 10.9 Å². The van der Waals surface area contributed by atoms with Crippen LogP contribution in [0.1, 0.15) is 0 Å². The fourth-order valence-corrected chi connectivity index (χ4v) is 1.79. The first-order valence-electron chi connectivity index (χ1n) is 3.78. The maximum atomic E-state index is 13.6. The molecule has 0 saturated carbocycles. The molecule has 0 spiro atoms. The van der Waals surface area contributed by atoms with E-state index in [0.717, 1.165) is 0 Å². The maximum Gasteiger partial charge on any atom is 0.302 e. The van der Waals surface area contributed by atoms with Crippen LogP contribution in [0.5, 0.6) is 0 Å². The number of nitrogens with zero attached hydrogens (tertiary/aromatic N) is 1. The van der Waals surface area contributed by atoms with E-state index in [9.17, 15) is 9.60 Å². The van der Waals surface area contributed by atoms with Crippen molar-refractivity contribution in [2.75, 3.05) is 0 Å². The molecule has 1 aromatic carbocycles. The van der Waals surface area contributed by atoms with Gasteiger partial charge in [0.05, 0.1) is 14.9 Å². The molecule has 14 heavy (non-hydrogen) atoms. The fraction of sp³-hybridized carbons (Fsp3) is 0. The van der Waals surface area contributed by atoms with Crippen molar-refractivity contribution in [3.8, 4) is 0 Å². The SMILES string of the molecule is O[n+]1ccc(Cl)c2ccc(Br)c(F)c21. The number of aromatic nitrogens is 1. The molecule has 1 aromatic heterocycles. The second-order valence-electron chi connectivity index (χ2n) is 2.77. The third kappa shape index (κ3) is 1.35. The molecule has 5 heteroatoms. The largest absolute Gasteiger partial charge is 0.302 e. The zero-order chi connectivity index (χ0) is 10.3. The lowest BCUT2D eigenvalue weighted by Crippen LogP contribution is -2.31. The van der Waals surface area contributed by atoms with Crippen LogP contribution >= 0.6 is 27.5 Å². The molecule has 0 unspecified atom stereocenters. The summed E-state index contributed by atoms with van der Waals surface area (Å²) in [4.78, 5) is 0. The van der Waals surface area contributed by atoms with Gasteiger partial charge in [0.1, 0.15) is 0 Å². The van der Waals surface area contributed by atoms with Crippen LogP contribution in [0, 0.1) is 5.82 Å². The van der Waals surface area contributed by atoms with Crippen LogP contribution in [0.15, 0.2) is 28.9 Å². The number of halogens is 3. The number of pyridine rings is 1. The van der Waals surface area contributed by atoms with Gasteiger partial charge < -0.3 is 0 Å². The van der Waals surface area contributed by atoms with Gasteiger partial charge in [-0.05, 0) is 28.1 Å². The number of benzene rings is 1. The van der Waals surface area contributed by atoms with Crippen molar-refractivity contribution in [2.24, 2.45) is 0 Å². The molecule has 72 valence electrons. The number of fused-ring (bicyclic) bond motifs is 1. The van der Waals surface area contributed by atoms with E-state index in [0.29, 0.717) is 15.1 Å². The lowest BCUT2D eigenvalue weighted by molar-refractivity contribution is -0.885. The van der Waals surface area contributed by atoms with Gasteiger partial charge in [-0.2, -0.15) is 4.39 Å². The molecule has 2 nitrogen and oxygen atoms in total. The summed E-state index contributed by atoms with van der Waals surface area (Å²) in [7, 11) is 0. The highest BCUT2D eigenvalue weighted by molar-refractivity contribution is 9.10. The van der Waals surface area contributed by atoms with E-state index in [1.807, 2.05) is 0 Å². The first-order valence-corrected chi connectivity index (χ1v) is 4.95. The van der Waals surface area contributed by atoms with Gasteiger partial charge in [-0.1, -0.05) is 11.6 Å². The molecule has 0 aliphatic rings. The van der Waals surface area contributed by atoms with Crippen molar-refractivity contribution in [1.29, 1.82) is 0 Å². The summed E-state index contributed by atoms with van der Waals surface area (Å²) >= 11 is 8.88. The van der Waals surface area contributed by atoms with E-state index in [-0.39, 0.29) is 9.99 Å². The number of rotatable bonds is 0. The molecule has 0 aliphatic heterocycles. The normalized spacial score (nSPS) is 10.8. The Bertz CT molecular complexity index is 518. The summed E-state index contributed by atoms with van der Waals surface area (Å²) in [6.07, 6.45) is 1.29. The second kappa shape index (κ2) is 3.37. The average molecular weight is 278 g/mol. The van der Waals surface area contributed by atoms with Gasteiger partial charge in [0.15, 0.2) is 0 Å². The molecule has 0 radical (unpaired) electrons. The molecule has 0 bridgehead atoms. The summed E-state index contributed by atoms with van der Waals surface area (Å²) in [6.45, 7) is 0. The molecule has 1 heterocycles. The lowest BCUT2D eigenvalue weighted by atomic mass is 10.2. The zero-order valence-electron chi connectivity index (χ0n) is 6.84. The molecule has 0 aliphatic carbocycles. The lowest BCUT2D eigenvalue weighted by Gasteiger charge is -1.98. The minimum absolute atomic E-state index is 0.0619.